The monoisotopic (exact) mass is 297 g/mol. The van der Waals surface area contributed by atoms with Crippen LogP contribution < -0.4 is 5.32 Å². The fourth-order valence-electron chi connectivity index (χ4n) is 3.00. The molecule has 0 radical (unpaired) electrons. The molecular weight excluding hydrogens is 266 g/mol. The summed E-state index contributed by atoms with van der Waals surface area (Å²) in [4.78, 5) is 10.7. The van der Waals surface area contributed by atoms with E-state index in [1.54, 1.807) is 7.11 Å². The molecule has 21 heavy (non-hydrogen) atoms. The molecule has 122 valence electrons. The summed E-state index contributed by atoms with van der Waals surface area (Å²) in [6, 6.07) is 0. The summed E-state index contributed by atoms with van der Waals surface area (Å²) in [5.41, 5.74) is -0.452. The summed E-state index contributed by atoms with van der Waals surface area (Å²) < 4.78 is 5.75. The number of rotatable bonds is 7. The van der Waals surface area contributed by atoms with Crippen molar-refractivity contribution in [1.82, 2.24) is 5.32 Å². The van der Waals surface area contributed by atoms with Crippen LogP contribution in [0, 0.1) is 11.8 Å². The molecule has 4 heteroatoms. The number of aliphatic hydroxyl groups excluding tert-OH is 1. The van der Waals surface area contributed by atoms with Gasteiger partial charge in [-0.05, 0) is 51.4 Å². The van der Waals surface area contributed by atoms with Crippen LogP contribution in [0.3, 0.4) is 0 Å². The number of amides is 1. The Morgan fingerprint density at radius 2 is 1.95 bits per heavy atom. The van der Waals surface area contributed by atoms with Crippen LogP contribution in [0.1, 0.15) is 53.4 Å². The highest BCUT2D eigenvalue weighted by Crippen LogP contribution is 2.39. The van der Waals surface area contributed by atoms with Crippen molar-refractivity contribution in [2.45, 2.75) is 70.6 Å². The van der Waals surface area contributed by atoms with E-state index in [0.29, 0.717) is 5.92 Å². The normalized spacial score (nSPS) is 31.1. The molecular formula is C17H31NO3. The highest BCUT2D eigenvalue weighted by atomic mass is 16.5. The summed E-state index contributed by atoms with van der Waals surface area (Å²) in [6.07, 6.45) is 8.14. The zero-order valence-electron chi connectivity index (χ0n) is 14.1. The van der Waals surface area contributed by atoms with E-state index in [0.717, 1.165) is 32.1 Å². The van der Waals surface area contributed by atoms with Gasteiger partial charge in [0, 0.05) is 12.6 Å². The molecule has 0 aromatic heterocycles. The van der Waals surface area contributed by atoms with Crippen LogP contribution in [0.4, 0.5) is 0 Å². The van der Waals surface area contributed by atoms with Gasteiger partial charge in [-0.15, -0.1) is 0 Å². The quantitative estimate of drug-likeness (QED) is 0.561. The molecule has 2 atom stereocenters. The summed E-state index contributed by atoms with van der Waals surface area (Å²) in [6.45, 7) is 8.17. The first-order valence-corrected chi connectivity index (χ1v) is 7.90. The average Bonchev–Trinajstić information content (AvgIpc) is 2.45. The Bertz CT molecular complexity index is 359. The van der Waals surface area contributed by atoms with Crippen LogP contribution in [0.25, 0.3) is 0 Å². The predicted octanol–water partition coefficient (Wildman–Crippen LogP) is 2.66. The third-order valence-corrected chi connectivity index (χ3v) is 5.05. The molecule has 2 unspecified atom stereocenters. The van der Waals surface area contributed by atoms with Crippen LogP contribution in [0.15, 0.2) is 12.2 Å². The lowest BCUT2D eigenvalue weighted by atomic mass is 9.71. The third-order valence-electron chi connectivity index (χ3n) is 5.05. The summed E-state index contributed by atoms with van der Waals surface area (Å²) in [5.74, 6) is 0.605. The number of methoxy groups -OCH3 is 1. The van der Waals surface area contributed by atoms with Gasteiger partial charge in [-0.25, -0.2) is 0 Å². The number of nitrogens with one attached hydrogen (secondary N) is 1. The zero-order valence-corrected chi connectivity index (χ0v) is 14.1. The molecule has 1 aliphatic rings. The molecule has 1 saturated carbocycles. The molecule has 0 heterocycles. The predicted molar refractivity (Wildman–Crippen MR) is 85.0 cm³/mol. The maximum Gasteiger partial charge on any atom is 0.207 e. The second kappa shape index (κ2) is 7.41. The minimum absolute atomic E-state index is 0.0892. The Morgan fingerprint density at radius 1 is 1.38 bits per heavy atom. The second-order valence-electron chi connectivity index (χ2n) is 7.08. The number of carbonyl (C=O) groups excluding carboxylic acids is 1. The Labute approximate surface area is 129 Å². The number of hydrogen-bond acceptors (Lipinski definition) is 3. The van der Waals surface area contributed by atoms with Crippen LogP contribution >= 0.6 is 0 Å². The van der Waals surface area contributed by atoms with Crippen molar-refractivity contribution in [1.29, 1.82) is 0 Å². The van der Waals surface area contributed by atoms with E-state index in [2.05, 4.69) is 19.2 Å². The zero-order chi connectivity index (χ0) is 16.1. The molecule has 0 spiro atoms. The lowest BCUT2D eigenvalue weighted by Crippen LogP contribution is -2.48. The topological polar surface area (TPSA) is 58.6 Å². The molecule has 0 aromatic carbocycles. The van der Waals surface area contributed by atoms with E-state index in [1.165, 1.54) is 0 Å². The van der Waals surface area contributed by atoms with Crippen LogP contribution in [0.5, 0.6) is 0 Å². The largest absolute Gasteiger partial charge is 0.389 e. The molecule has 1 fully saturated rings. The van der Waals surface area contributed by atoms with E-state index in [-0.39, 0.29) is 17.1 Å². The van der Waals surface area contributed by atoms with Crippen molar-refractivity contribution in [2.24, 2.45) is 11.8 Å². The highest BCUT2D eigenvalue weighted by Gasteiger charge is 2.39. The Morgan fingerprint density at radius 3 is 2.38 bits per heavy atom. The van der Waals surface area contributed by atoms with Crippen LogP contribution in [0.2, 0.25) is 0 Å². The standard InChI is InChI=1S/C17H31NO3/c1-13(2)15(20)8-11-17(4,21-5)14-6-9-16(3,10-7-14)18-12-19/h8,11-15,20H,6-7,9-10H2,1-5H3,(H,18,19). The summed E-state index contributed by atoms with van der Waals surface area (Å²) in [5, 5.41) is 12.9. The van der Waals surface area contributed by atoms with E-state index in [9.17, 15) is 9.90 Å². The van der Waals surface area contributed by atoms with Gasteiger partial charge < -0.3 is 15.2 Å². The minimum Gasteiger partial charge on any atom is -0.389 e. The van der Waals surface area contributed by atoms with E-state index in [4.69, 9.17) is 4.74 Å². The van der Waals surface area contributed by atoms with Gasteiger partial charge >= 0.3 is 0 Å². The van der Waals surface area contributed by atoms with E-state index >= 15 is 0 Å². The van der Waals surface area contributed by atoms with Gasteiger partial charge in [-0.1, -0.05) is 26.0 Å². The Kier molecular flexibility index (Phi) is 6.41. The van der Waals surface area contributed by atoms with Crippen molar-refractivity contribution in [3.05, 3.63) is 12.2 Å². The van der Waals surface area contributed by atoms with Gasteiger partial charge in [-0.2, -0.15) is 0 Å². The second-order valence-corrected chi connectivity index (χ2v) is 7.08. The van der Waals surface area contributed by atoms with Crippen LogP contribution in [-0.2, 0) is 9.53 Å². The molecule has 0 bridgehead atoms. The lowest BCUT2D eigenvalue weighted by Gasteiger charge is -2.43. The van der Waals surface area contributed by atoms with Gasteiger partial charge in [0.1, 0.15) is 0 Å². The maximum atomic E-state index is 10.7. The number of carbonyl (C=O) groups is 1. The molecule has 1 amide bonds. The lowest BCUT2D eigenvalue weighted by molar-refractivity contribution is -0.111. The minimum atomic E-state index is -0.440. The van der Waals surface area contributed by atoms with Crippen molar-refractivity contribution in [3.63, 3.8) is 0 Å². The molecule has 4 nitrogen and oxygen atoms in total. The molecule has 2 N–H and O–H groups in total. The summed E-state index contributed by atoms with van der Waals surface area (Å²) >= 11 is 0. The first-order chi connectivity index (χ1) is 9.76. The molecule has 0 aliphatic heterocycles. The molecule has 0 aromatic rings. The van der Waals surface area contributed by atoms with E-state index < -0.39 is 6.10 Å². The molecule has 0 saturated heterocycles. The fourth-order valence-corrected chi connectivity index (χ4v) is 3.00. The first-order valence-electron chi connectivity index (χ1n) is 7.90. The van der Waals surface area contributed by atoms with Gasteiger partial charge in [0.25, 0.3) is 0 Å². The SMILES string of the molecule is COC(C)(C=CC(O)C(C)C)C1CCC(C)(NC=O)CC1. The van der Waals surface area contributed by atoms with Gasteiger partial charge in [0.15, 0.2) is 0 Å². The van der Waals surface area contributed by atoms with Crippen molar-refractivity contribution < 1.29 is 14.6 Å². The van der Waals surface area contributed by atoms with Gasteiger partial charge in [0.05, 0.1) is 11.7 Å². The smallest absolute Gasteiger partial charge is 0.207 e. The summed E-state index contributed by atoms with van der Waals surface area (Å²) in [7, 11) is 1.73. The fraction of sp³-hybridized carbons (Fsp3) is 0.824. The maximum absolute atomic E-state index is 10.7. The van der Waals surface area contributed by atoms with Crippen molar-refractivity contribution in [2.75, 3.05) is 7.11 Å². The van der Waals surface area contributed by atoms with Crippen molar-refractivity contribution >= 4 is 6.41 Å². The van der Waals surface area contributed by atoms with Gasteiger partial charge in [0.2, 0.25) is 6.41 Å². The highest BCUT2D eigenvalue weighted by molar-refractivity contribution is 5.47. The Hall–Kier alpha value is -0.870. The van der Waals surface area contributed by atoms with Crippen molar-refractivity contribution in [3.8, 4) is 0 Å². The number of ether oxygens (including phenoxy) is 1. The third kappa shape index (κ3) is 4.82. The van der Waals surface area contributed by atoms with E-state index in [1.807, 2.05) is 26.0 Å². The number of hydrogen-bond donors (Lipinski definition) is 2. The molecule has 1 aliphatic carbocycles. The van der Waals surface area contributed by atoms with Crippen LogP contribution in [-0.4, -0.2) is 35.9 Å². The average molecular weight is 297 g/mol. The molecule has 1 rings (SSSR count). The Balaban J connectivity index is 2.71. The first kappa shape index (κ1) is 18.2. The number of aliphatic hydroxyl groups is 1. The van der Waals surface area contributed by atoms with Gasteiger partial charge in [-0.3, -0.25) is 4.79 Å².